The van der Waals surface area contributed by atoms with Gasteiger partial charge in [-0.25, -0.2) is 0 Å². The molecule has 0 N–H and O–H groups in total. The summed E-state index contributed by atoms with van der Waals surface area (Å²) in [7, 11) is 0. The van der Waals surface area contributed by atoms with Gasteiger partial charge in [0.05, 0.1) is 45.3 Å². The smallest absolute Gasteiger partial charge is 0.0992 e. The molecule has 4 nitrogen and oxygen atoms in total. The summed E-state index contributed by atoms with van der Waals surface area (Å²) >= 11 is 0. The molecule has 0 amide bonds. The van der Waals surface area contributed by atoms with E-state index in [2.05, 4.69) is 349 Å². The maximum atomic E-state index is 9.71. The van der Waals surface area contributed by atoms with Gasteiger partial charge in [0.25, 0.3) is 0 Å². The number of para-hydroxylation sites is 2. The van der Waals surface area contributed by atoms with E-state index in [9.17, 15) is 10.5 Å². The van der Waals surface area contributed by atoms with Gasteiger partial charge in [-0.3, -0.25) is 0 Å². The molecule has 0 aliphatic carbocycles. The average Bonchev–Trinajstić information content (AvgIpc) is 1.04. The summed E-state index contributed by atoms with van der Waals surface area (Å²) in [5.74, 6) is 0. The van der Waals surface area contributed by atoms with Gasteiger partial charge in [-0.15, -0.1) is 0 Å². The van der Waals surface area contributed by atoms with Crippen LogP contribution in [0.5, 0.6) is 0 Å². The molecule has 0 spiro atoms. The lowest BCUT2D eigenvalue weighted by Gasteiger charge is -2.16. The molecule has 0 aliphatic rings. The van der Waals surface area contributed by atoms with E-state index in [1.807, 2.05) is 36.4 Å². The van der Waals surface area contributed by atoms with Crippen molar-refractivity contribution in [3.63, 3.8) is 0 Å². The van der Waals surface area contributed by atoms with Gasteiger partial charge in [0.15, 0.2) is 0 Å². The maximum absolute atomic E-state index is 9.71. The third-order valence-corrected chi connectivity index (χ3v) is 21.5. The van der Waals surface area contributed by atoms with Gasteiger partial charge in [0.2, 0.25) is 0 Å². The number of hydrogen-bond acceptors (Lipinski definition) is 2. The van der Waals surface area contributed by atoms with Crippen LogP contribution >= 0.6 is 0 Å². The highest BCUT2D eigenvalue weighted by molar-refractivity contribution is 6.25. The van der Waals surface area contributed by atoms with Crippen LogP contribution < -0.4 is 0 Å². The standard InChI is InChI=1S/C53H32N2.C47H28N2/c54-33-34-19-25-46-47-26-24-39(30-53(47)55(52(46)27-34)41-13-5-2-6-14-41)37-20-21-38-29-40(23-22-36(38)28-37)49-32-51-44-17-9-7-15-42(44)48(35-11-3-1-4-12-35)31-50(51)45-18-10-8-16-43(45)49;48-29-30-14-21-42-43-23-20-35(27-47(43)49(46(42)24-30)37-9-2-1-3-10-37)33-15-16-34-26-36(18-17-32(34)25-33)44-28-45-38-11-5-4-8-31(38)19-22-41(45)39-12-6-7-13-40(39)44/h1-32H;1-28H. The SMILES string of the molecule is N#Cc1ccc2c3ccc(-c4ccc5cc(-c6cc7c8ccccc8c(-c8ccccc8)cc7c7ccccc67)ccc5c4)cc3n(-c3ccccc3)c2c1.N#Cc1ccc2c3ccc(-c4ccc5cc(-c6cc7c8ccccc8ccc7c7ccccc67)ccc5c4)cc3n(-c3ccccc3)c2c1. The van der Waals surface area contributed by atoms with E-state index in [1.165, 1.54) is 141 Å². The first-order valence-corrected chi connectivity index (χ1v) is 35.4. The highest BCUT2D eigenvalue weighted by Gasteiger charge is 2.20. The van der Waals surface area contributed by atoms with Gasteiger partial charge in [-0.2, -0.15) is 10.5 Å². The Morgan fingerprint density at radius 3 is 0.904 bits per heavy atom. The van der Waals surface area contributed by atoms with Crippen molar-refractivity contribution < 1.29 is 0 Å². The summed E-state index contributed by atoms with van der Waals surface area (Å²) in [6, 6.07) is 136. The second kappa shape index (κ2) is 24.3. The topological polar surface area (TPSA) is 57.4 Å². The van der Waals surface area contributed by atoms with Crippen LogP contribution in [0.25, 0.3) is 197 Å². The number of aromatic nitrogens is 2. The highest BCUT2D eigenvalue weighted by atomic mass is 15.0. The Morgan fingerprint density at radius 1 is 0.173 bits per heavy atom. The lowest BCUT2D eigenvalue weighted by molar-refractivity contribution is 1.18. The van der Waals surface area contributed by atoms with E-state index < -0.39 is 0 Å². The van der Waals surface area contributed by atoms with E-state index >= 15 is 0 Å². The lowest BCUT2D eigenvalue weighted by Crippen LogP contribution is -1.93. The molecule has 19 aromatic carbocycles. The van der Waals surface area contributed by atoms with Crippen molar-refractivity contribution in [1.29, 1.82) is 10.5 Å². The zero-order chi connectivity index (χ0) is 68.9. The predicted octanol–water partition coefficient (Wildman–Crippen LogP) is 26.9. The minimum absolute atomic E-state index is 0.656. The number of nitriles is 2. The van der Waals surface area contributed by atoms with Crippen molar-refractivity contribution in [1.82, 2.24) is 9.13 Å². The normalized spacial score (nSPS) is 11.6. The summed E-state index contributed by atoms with van der Waals surface area (Å²) in [4.78, 5) is 0. The Kier molecular flexibility index (Phi) is 14.0. The summed E-state index contributed by atoms with van der Waals surface area (Å²) in [5.41, 5.74) is 19.9. The fraction of sp³-hybridized carbons (Fsp3) is 0. The summed E-state index contributed by atoms with van der Waals surface area (Å²) in [5, 5.41) is 44.1. The van der Waals surface area contributed by atoms with Crippen LogP contribution in [0.3, 0.4) is 0 Å². The van der Waals surface area contributed by atoms with Gasteiger partial charge in [-0.05, 0) is 245 Å². The molecule has 104 heavy (non-hydrogen) atoms. The Balaban J connectivity index is 0.000000139. The van der Waals surface area contributed by atoms with E-state index in [-0.39, 0.29) is 0 Å². The molecule has 2 heterocycles. The highest BCUT2D eigenvalue weighted by Crippen LogP contribution is 2.45. The second-order valence-electron chi connectivity index (χ2n) is 27.3. The molecule has 0 radical (unpaired) electrons. The van der Waals surface area contributed by atoms with Crippen molar-refractivity contribution in [2.24, 2.45) is 0 Å². The fourth-order valence-corrected chi connectivity index (χ4v) is 16.6. The molecule has 0 unspecified atom stereocenters. The number of hydrogen-bond donors (Lipinski definition) is 0. The monoisotopic (exact) mass is 1320 g/mol. The number of fused-ring (bicyclic) bond motifs is 18. The largest absolute Gasteiger partial charge is 0.309 e. The van der Waals surface area contributed by atoms with Gasteiger partial charge >= 0.3 is 0 Å². The molecule has 21 rings (SSSR count). The Bertz CT molecular complexity index is 7230. The third-order valence-electron chi connectivity index (χ3n) is 21.5. The summed E-state index contributed by atoms with van der Waals surface area (Å²) in [6.07, 6.45) is 0. The molecular weight excluding hydrogens is 1260 g/mol. The van der Waals surface area contributed by atoms with Crippen LogP contribution in [0.2, 0.25) is 0 Å². The van der Waals surface area contributed by atoms with E-state index in [0.717, 1.165) is 55.3 Å². The van der Waals surface area contributed by atoms with Crippen LogP contribution in [0, 0.1) is 22.7 Å². The first-order chi connectivity index (χ1) is 51.4. The van der Waals surface area contributed by atoms with Crippen molar-refractivity contribution in [3.8, 4) is 79.1 Å². The summed E-state index contributed by atoms with van der Waals surface area (Å²) in [6.45, 7) is 0. The summed E-state index contributed by atoms with van der Waals surface area (Å²) < 4.78 is 4.56. The van der Waals surface area contributed by atoms with Gasteiger partial charge in [0.1, 0.15) is 0 Å². The molecule has 0 fully saturated rings. The number of nitrogens with zero attached hydrogens (tertiary/aromatic N) is 4. The van der Waals surface area contributed by atoms with E-state index in [4.69, 9.17) is 0 Å². The van der Waals surface area contributed by atoms with Gasteiger partial charge in [0, 0.05) is 32.9 Å². The first-order valence-electron chi connectivity index (χ1n) is 35.4. The van der Waals surface area contributed by atoms with Crippen molar-refractivity contribution >= 4 is 130 Å². The zero-order valence-electron chi connectivity index (χ0n) is 56.4. The molecule has 21 aromatic rings. The molecule has 0 aliphatic heterocycles. The predicted molar refractivity (Wildman–Crippen MR) is 438 cm³/mol. The fourth-order valence-electron chi connectivity index (χ4n) is 16.6. The third kappa shape index (κ3) is 9.89. The second-order valence-corrected chi connectivity index (χ2v) is 27.3. The minimum Gasteiger partial charge on any atom is -0.309 e. The van der Waals surface area contributed by atoms with Crippen molar-refractivity contribution in [2.75, 3.05) is 0 Å². The lowest BCUT2D eigenvalue weighted by atomic mass is 9.87. The van der Waals surface area contributed by atoms with Crippen LogP contribution in [0.15, 0.2) is 364 Å². The van der Waals surface area contributed by atoms with Crippen molar-refractivity contribution in [3.05, 3.63) is 375 Å². The van der Waals surface area contributed by atoms with Crippen LogP contribution in [-0.2, 0) is 0 Å². The first kappa shape index (κ1) is 59.9. The Hall–Kier alpha value is -14.2. The van der Waals surface area contributed by atoms with Crippen molar-refractivity contribution in [2.45, 2.75) is 0 Å². The quantitative estimate of drug-likeness (QED) is 0.149. The molecular formula is C100H60N4. The average molecular weight is 1320 g/mol. The molecule has 0 saturated carbocycles. The molecule has 2 aromatic heterocycles. The van der Waals surface area contributed by atoms with E-state index in [0.29, 0.717) is 11.1 Å². The zero-order valence-corrected chi connectivity index (χ0v) is 56.4. The number of benzene rings is 19. The van der Waals surface area contributed by atoms with Crippen LogP contribution in [-0.4, -0.2) is 9.13 Å². The van der Waals surface area contributed by atoms with Crippen LogP contribution in [0.4, 0.5) is 0 Å². The Morgan fingerprint density at radius 2 is 0.462 bits per heavy atom. The van der Waals surface area contributed by atoms with Gasteiger partial charge < -0.3 is 9.13 Å². The molecule has 4 heteroatoms. The van der Waals surface area contributed by atoms with Gasteiger partial charge in [-0.1, -0.05) is 261 Å². The Labute approximate surface area is 599 Å². The molecule has 0 saturated heterocycles. The minimum atomic E-state index is 0.656. The molecule has 480 valence electrons. The van der Waals surface area contributed by atoms with Crippen LogP contribution in [0.1, 0.15) is 11.1 Å². The molecule has 0 atom stereocenters. The number of rotatable bonds is 7. The molecule has 0 bridgehead atoms. The van der Waals surface area contributed by atoms with E-state index in [1.54, 1.807) is 0 Å². The maximum Gasteiger partial charge on any atom is 0.0992 e.